The van der Waals surface area contributed by atoms with Crippen LogP contribution in [-0.2, 0) is 16.7 Å². The second-order valence-electron chi connectivity index (χ2n) is 2.79. The highest BCUT2D eigenvalue weighted by Gasteiger charge is 2.34. The predicted octanol–water partition coefficient (Wildman–Crippen LogP) is 2.17. The molecule has 0 aliphatic carbocycles. The number of hydrogen-bond donors (Lipinski definition) is 0. The first-order valence-corrected chi connectivity index (χ1v) is 5.20. The number of benzene rings is 1. The monoisotopic (exact) mass is 269 g/mol. The van der Waals surface area contributed by atoms with Crippen molar-refractivity contribution >= 4 is 10.5 Å². The summed E-state index contributed by atoms with van der Waals surface area (Å²) in [6.45, 7) is 0. The first-order valence-electron chi connectivity index (χ1n) is 3.89. The fourth-order valence-electron chi connectivity index (χ4n) is 1.02. The average Bonchev–Trinajstić information content (AvgIpc) is 2.13. The smallest absolute Gasteiger partial charge is 0.358 e. The first kappa shape index (κ1) is 13.2. The van der Waals surface area contributed by atoms with Crippen molar-refractivity contribution in [3.8, 4) is 11.8 Å². The van der Waals surface area contributed by atoms with E-state index in [0.29, 0.717) is 6.07 Å². The standard InChI is InChI=1S/C8H3F4NO3S/c9-8(10,11)7-3-6(16-17(12,14)15)2-1-5(7)4-13/h1-3H. The van der Waals surface area contributed by atoms with Crippen LogP contribution in [0.15, 0.2) is 18.2 Å². The molecule has 0 N–H and O–H groups in total. The van der Waals surface area contributed by atoms with E-state index in [1.54, 1.807) is 0 Å². The van der Waals surface area contributed by atoms with Gasteiger partial charge in [0.05, 0.1) is 17.2 Å². The molecule has 0 saturated carbocycles. The maximum atomic E-state index is 12.4. The summed E-state index contributed by atoms with van der Waals surface area (Å²) in [6.07, 6.45) is -4.87. The Morgan fingerprint density at radius 2 is 1.88 bits per heavy atom. The van der Waals surface area contributed by atoms with Gasteiger partial charge in [-0.15, -0.1) is 0 Å². The van der Waals surface area contributed by atoms with Crippen LogP contribution < -0.4 is 4.18 Å². The van der Waals surface area contributed by atoms with E-state index in [1.165, 1.54) is 6.07 Å². The molecule has 0 spiro atoms. The van der Waals surface area contributed by atoms with Crippen molar-refractivity contribution in [2.75, 3.05) is 0 Å². The van der Waals surface area contributed by atoms with Crippen molar-refractivity contribution in [2.45, 2.75) is 6.18 Å². The molecule has 0 aliphatic heterocycles. The third-order valence-corrected chi connectivity index (χ3v) is 2.00. The molecule has 0 bridgehead atoms. The number of rotatable bonds is 2. The van der Waals surface area contributed by atoms with Gasteiger partial charge in [-0.2, -0.15) is 26.9 Å². The van der Waals surface area contributed by atoms with E-state index < -0.39 is 33.6 Å². The third-order valence-electron chi connectivity index (χ3n) is 1.61. The van der Waals surface area contributed by atoms with Crippen LogP contribution in [0.1, 0.15) is 11.1 Å². The molecule has 0 atom stereocenters. The minimum Gasteiger partial charge on any atom is -0.358 e. The predicted molar refractivity (Wildman–Crippen MR) is 46.8 cm³/mol. The lowest BCUT2D eigenvalue weighted by molar-refractivity contribution is -0.137. The van der Waals surface area contributed by atoms with Crippen molar-refractivity contribution in [3.63, 3.8) is 0 Å². The van der Waals surface area contributed by atoms with Gasteiger partial charge in [-0.3, -0.25) is 0 Å². The summed E-state index contributed by atoms with van der Waals surface area (Å²) in [5.41, 5.74) is -2.12. The molecule has 0 saturated heterocycles. The fourth-order valence-corrected chi connectivity index (χ4v) is 1.36. The molecule has 0 radical (unpaired) electrons. The van der Waals surface area contributed by atoms with E-state index in [0.717, 1.165) is 6.07 Å². The second-order valence-corrected chi connectivity index (χ2v) is 3.75. The molecular formula is C8H3F4NO3S. The molecular weight excluding hydrogens is 266 g/mol. The van der Waals surface area contributed by atoms with Crippen LogP contribution in [0.5, 0.6) is 5.75 Å². The topological polar surface area (TPSA) is 67.2 Å². The maximum absolute atomic E-state index is 12.4. The van der Waals surface area contributed by atoms with Gasteiger partial charge in [0.25, 0.3) is 0 Å². The van der Waals surface area contributed by atoms with Gasteiger partial charge in [-0.1, -0.05) is 3.89 Å². The van der Waals surface area contributed by atoms with Gasteiger partial charge < -0.3 is 4.18 Å². The van der Waals surface area contributed by atoms with Gasteiger partial charge in [0.2, 0.25) is 0 Å². The minimum atomic E-state index is -5.41. The van der Waals surface area contributed by atoms with E-state index in [9.17, 15) is 25.5 Å². The Bertz CT molecular complexity index is 573. The molecule has 9 heteroatoms. The van der Waals surface area contributed by atoms with Gasteiger partial charge in [-0.25, -0.2) is 0 Å². The first-order chi connectivity index (χ1) is 7.63. The molecule has 17 heavy (non-hydrogen) atoms. The van der Waals surface area contributed by atoms with Crippen molar-refractivity contribution in [3.05, 3.63) is 29.3 Å². The third kappa shape index (κ3) is 3.60. The van der Waals surface area contributed by atoms with E-state index >= 15 is 0 Å². The van der Waals surface area contributed by atoms with Crippen LogP contribution in [0.25, 0.3) is 0 Å². The zero-order valence-electron chi connectivity index (χ0n) is 7.82. The molecule has 0 fully saturated rings. The lowest BCUT2D eigenvalue weighted by atomic mass is 10.1. The minimum absolute atomic E-state index is 0.232. The number of halogens is 4. The largest absolute Gasteiger partial charge is 0.488 e. The van der Waals surface area contributed by atoms with E-state index in [4.69, 9.17) is 5.26 Å². The Morgan fingerprint density at radius 1 is 1.29 bits per heavy atom. The van der Waals surface area contributed by atoms with Crippen molar-refractivity contribution in [1.82, 2.24) is 0 Å². The Kier molecular flexibility index (Phi) is 3.28. The van der Waals surface area contributed by atoms with Crippen LogP contribution in [-0.4, -0.2) is 8.42 Å². The highest BCUT2D eigenvalue weighted by molar-refractivity contribution is 7.81. The molecule has 0 heterocycles. The van der Waals surface area contributed by atoms with Crippen molar-refractivity contribution in [2.24, 2.45) is 0 Å². The summed E-state index contributed by atoms with van der Waals surface area (Å²) in [4.78, 5) is 0. The van der Waals surface area contributed by atoms with Crippen LogP contribution in [0.2, 0.25) is 0 Å². The molecule has 92 valence electrons. The lowest BCUT2D eigenvalue weighted by Gasteiger charge is -2.09. The number of nitriles is 1. The Balaban J connectivity index is 3.29. The Hall–Kier alpha value is -1.82. The zero-order valence-corrected chi connectivity index (χ0v) is 8.64. The number of nitrogens with zero attached hydrogens (tertiary/aromatic N) is 1. The van der Waals surface area contributed by atoms with Crippen LogP contribution in [0.4, 0.5) is 17.1 Å². The average molecular weight is 269 g/mol. The van der Waals surface area contributed by atoms with Crippen LogP contribution >= 0.6 is 0 Å². The van der Waals surface area contributed by atoms with Gasteiger partial charge in [-0.05, 0) is 18.2 Å². The summed E-state index contributed by atoms with van der Waals surface area (Å²) < 4.78 is 73.1. The molecule has 0 aromatic heterocycles. The van der Waals surface area contributed by atoms with Gasteiger partial charge in [0, 0.05) is 0 Å². The fraction of sp³-hybridized carbons (Fsp3) is 0.125. The summed E-state index contributed by atoms with van der Waals surface area (Å²) in [7, 11) is -5.41. The van der Waals surface area contributed by atoms with E-state index in [2.05, 4.69) is 4.18 Å². The number of hydrogen-bond acceptors (Lipinski definition) is 4. The highest BCUT2D eigenvalue weighted by atomic mass is 32.3. The SMILES string of the molecule is N#Cc1ccc(OS(=O)(=O)F)cc1C(F)(F)F. The van der Waals surface area contributed by atoms with Crippen molar-refractivity contribution in [1.29, 1.82) is 5.26 Å². The lowest BCUT2D eigenvalue weighted by Crippen LogP contribution is -2.09. The molecule has 0 amide bonds. The quantitative estimate of drug-likeness (QED) is 0.609. The van der Waals surface area contributed by atoms with Crippen LogP contribution in [0, 0.1) is 11.3 Å². The summed E-state index contributed by atoms with van der Waals surface area (Å²) in [5, 5.41) is 8.42. The molecule has 1 aromatic carbocycles. The molecule has 4 nitrogen and oxygen atoms in total. The highest BCUT2D eigenvalue weighted by Crippen LogP contribution is 2.34. The molecule has 0 unspecified atom stereocenters. The zero-order chi connectivity index (χ0) is 13.3. The normalized spacial score (nSPS) is 11.9. The van der Waals surface area contributed by atoms with E-state index in [-0.39, 0.29) is 6.07 Å². The Labute approximate surface area is 93.5 Å². The number of alkyl halides is 3. The van der Waals surface area contributed by atoms with Crippen LogP contribution in [0.3, 0.4) is 0 Å². The summed E-state index contributed by atoms with van der Waals surface area (Å²) in [5.74, 6) is -0.862. The molecule has 1 rings (SSSR count). The van der Waals surface area contributed by atoms with Gasteiger partial charge >= 0.3 is 16.7 Å². The van der Waals surface area contributed by atoms with Gasteiger partial charge in [0.15, 0.2) is 0 Å². The Morgan fingerprint density at radius 3 is 2.29 bits per heavy atom. The van der Waals surface area contributed by atoms with Gasteiger partial charge in [0.1, 0.15) is 5.75 Å². The maximum Gasteiger partial charge on any atom is 0.488 e. The summed E-state index contributed by atoms with van der Waals surface area (Å²) >= 11 is 0. The second kappa shape index (κ2) is 4.21. The van der Waals surface area contributed by atoms with E-state index in [1.807, 2.05) is 0 Å². The molecule has 0 aliphatic rings. The van der Waals surface area contributed by atoms with Crippen molar-refractivity contribution < 1.29 is 29.7 Å². The molecule has 1 aromatic rings. The summed E-state index contributed by atoms with van der Waals surface area (Å²) in [6, 6.07) is 2.93.